The Morgan fingerprint density at radius 1 is 1.41 bits per heavy atom. The average molecular weight is 365 g/mol. The van der Waals surface area contributed by atoms with Gasteiger partial charge in [0.05, 0.1) is 12.3 Å². The van der Waals surface area contributed by atoms with Crippen LogP contribution in [0.25, 0.3) is 0 Å². The summed E-state index contributed by atoms with van der Waals surface area (Å²) < 4.78 is 6.37. The van der Waals surface area contributed by atoms with E-state index in [2.05, 4.69) is 68.8 Å². The minimum atomic E-state index is 0.371. The lowest BCUT2D eigenvalue weighted by Gasteiger charge is -2.30. The van der Waals surface area contributed by atoms with Crippen molar-refractivity contribution in [3.8, 4) is 0 Å². The van der Waals surface area contributed by atoms with Crippen LogP contribution in [-0.2, 0) is 10.1 Å². The molecule has 0 saturated heterocycles. The number of anilines is 1. The lowest BCUT2D eigenvalue weighted by atomic mass is 10.2. The van der Waals surface area contributed by atoms with Crippen LogP contribution in [0.3, 0.4) is 0 Å². The molecule has 0 aromatic heterocycles. The molecule has 0 N–H and O–H groups in total. The highest BCUT2D eigenvalue weighted by molar-refractivity contribution is 9.10. The molecule has 0 aliphatic rings. The summed E-state index contributed by atoms with van der Waals surface area (Å²) in [5, 5.41) is 0.881. The molecule has 0 spiro atoms. The molecule has 0 radical (unpaired) electrons. The van der Waals surface area contributed by atoms with Gasteiger partial charge in [0, 0.05) is 29.5 Å². The maximum Gasteiger partial charge on any atom is 0.0663 e. The highest BCUT2D eigenvalue weighted by Gasteiger charge is 2.15. The summed E-state index contributed by atoms with van der Waals surface area (Å²) in [5.41, 5.74) is 2.50. The van der Waals surface area contributed by atoms with Crippen LogP contribution in [0.15, 0.2) is 22.7 Å². The van der Waals surface area contributed by atoms with Crippen molar-refractivity contribution in [2.75, 3.05) is 25.2 Å². The van der Waals surface area contributed by atoms with Crippen LogP contribution < -0.4 is 4.90 Å². The molecular formula is C13H19Br2NO. The Hall–Kier alpha value is -0.0600. The summed E-state index contributed by atoms with van der Waals surface area (Å²) in [6.45, 7) is 6.05. The molecule has 0 saturated carbocycles. The number of rotatable bonds is 6. The summed E-state index contributed by atoms with van der Waals surface area (Å²) in [6.07, 6.45) is 0. The Kier molecular flexibility index (Phi) is 6.52. The number of halogens is 2. The van der Waals surface area contributed by atoms with E-state index in [0.29, 0.717) is 6.04 Å². The van der Waals surface area contributed by atoms with Crippen molar-refractivity contribution in [1.29, 1.82) is 0 Å². The molecule has 1 unspecified atom stereocenters. The van der Waals surface area contributed by atoms with Crippen LogP contribution in [0.5, 0.6) is 0 Å². The van der Waals surface area contributed by atoms with Crippen LogP contribution in [0.2, 0.25) is 0 Å². The van der Waals surface area contributed by atoms with Crippen molar-refractivity contribution in [2.45, 2.75) is 25.2 Å². The maximum absolute atomic E-state index is 5.23. The Morgan fingerprint density at radius 3 is 2.59 bits per heavy atom. The number of ether oxygens (including phenoxy) is 1. The van der Waals surface area contributed by atoms with Crippen molar-refractivity contribution in [1.82, 2.24) is 0 Å². The third-order valence-corrected chi connectivity index (χ3v) is 4.04. The monoisotopic (exact) mass is 363 g/mol. The van der Waals surface area contributed by atoms with Gasteiger partial charge in [0.2, 0.25) is 0 Å². The van der Waals surface area contributed by atoms with E-state index in [1.54, 1.807) is 7.11 Å². The highest BCUT2D eigenvalue weighted by Crippen LogP contribution is 2.29. The summed E-state index contributed by atoms with van der Waals surface area (Å²) in [4.78, 5) is 2.34. The fraction of sp³-hybridized carbons (Fsp3) is 0.538. The van der Waals surface area contributed by atoms with E-state index in [-0.39, 0.29) is 0 Å². The van der Waals surface area contributed by atoms with Gasteiger partial charge in [-0.1, -0.05) is 22.0 Å². The van der Waals surface area contributed by atoms with E-state index in [0.717, 1.165) is 23.0 Å². The first-order valence-electron chi connectivity index (χ1n) is 5.74. The first kappa shape index (κ1) is 15.0. The van der Waals surface area contributed by atoms with Crippen LogP contribution >= 0.6 is 31.9 Å². The maximum atomic E-state index is 5.23. The molecule has 4 heteroatoms. The number of nitrogens with zero attached hydrogens (tertiary/aromatic N) is 1. The van der Waals surface area contributed by atoms with E-state index in [4.69, 9.17) is 4.74 Å². The lowest BCUT2D eigenvalue weighted by Crippen LogP contribution is -2.36. The third-order valence-electron chi connectivity index (χ3n) is 2.76. The molecule has 0 fully saturated rings. The quantitative estimate of drug-likeness (QED) is 0.701. The molecule has 2 nitrogen and oxygen atoms in total. The Bertz CT molecular complexity index is 357. The van der Waals surface area contributed by atoms with Crippen LogP contribution in [0.1, 0.15) is 19.4 Å². The summed E-state index contributed by atoms with van der Waals surface area (Å²) in [6, 6.07) is 6.84. The SMILES string of the molecule is CCN(c1ccc(CBr)cc1Br)C(C)COC. The van der Waals surface area contributed by atoms with E-state index >= 15 is 0 Å². The molecule has 0 heterocycles. The molecule has 1 aromatic rings. The van der Waals surface area contributed by atoms with Gasteiger partial charge in [-0.2, -0.15) is 0 Å². The normalized spacial score (nSPS) is 12.5. The molecule has 17 heavy (non-hydrogen) atoms. The number of benzene rings is 1. The second-order valence-corrected chi connectivity index (χ2v) is 5.42. The van der Waals surface area contributed by atoms with Gasteiger partial charge >= 0.3 is 0 Å². The van der Waals surface area contributed by atoms with Gasteiger partial charge in [0.25, 0.3) is 0 Å². The van der Waals surface area contributed by atoms with Gasteiger partial charge in [-0.15, -0.1) is 0 Å². The van der Waals surface area contributed by atoms with Crippen molar-refractivity contribution in [3.63, 3.8) is 0 Å². The third kappa shape index (κ3) is 3.97. The predicted molar refractivity (Wildman–Crippen MR) is 81.1 cm³/mol. The second kappa shape index (κ2) is 7.39. The second-order valence-electron chi connectivity index (χ2n) is 4.01. The van der Waals surface area contributed by atoms with Gasteiger partial charge in [-0.3, -0.25) is 0 Å². The fourth-order valence-corrected chi connectivity index (χ4v) is 2.92. The summed E-state index contributed by atoms with van der Waals surface area (Å²) in [5.74, 6) is 0. The number of methoxy groups -OCH3 is 1. The highest BCUT2D eigenvalue weighted by atomic mass is 79.9. The van der Waals surface area contributed by atoms with Crippen molar-refractivity contribution >= 4 is 37.5 Å². The van der Waals surface area contributed by atoms with E-state index in [1.807, 2.05) is 0 Å². The fourth-order valence-electron chi connectivity index (χ4n) is 1.92. The zero-order chi connectivity index (χ0) is 12.8. The topological polar surface area (TPSA) is 12.5 Å². The van der Waals surface area contributed by atoms with Crippen LogP contribution in [0, 0.1) is 0 Å². The first-order valence-corrected chi connectivity index (χ1v) is 7.65. The minimum absolute atomic E-state index is 0.371. The molecule has 0 bridgehead atoms. The van der Waals surface area contributed by atoms with E-state index < -0.39 is 0 Å². The average Bonchev–Trinajstić information content (AvgIpc) is 2.32. The molecule has 0 aliphatic heterocycles. The Labute approximate surface area is 121 Å². The predicted octanol–water partition coefficient (Wildman–Crippen LogP) is 4.21. The lowest BCUT2D eigenvalue weighted by molar-refractivity contribution is 0.182. The van der Waals surface area contributed by atoms with Gasteiger partial charge in [-0.05, 0) is 47.5 Å². The smallest absolute Gasteiger partial charge is 0.0663 e. The molecule has 0 aliphatic carbocycles. The van der Waals surface area contributed by atoms with Gasteiger partial charge < -0.3 is 9.64 Å². The van der Waals surface area contributed by atoms with Gasteiger partial charge in [-0.25, -0.2) is 0 Å². The Morgan fingerprint density at radius 2 is 2.12 bits per heavy atom. The number of hydrogen-bond acceptors (Lipinski definition) is 2. The largest absolute Gasteiger partial charge is 0.383 e. The molecule has 0 amide bonds. The zero-order valence-corrected chi connectivity index (χ0v) is 13.7. The Balaban J connectivity index is 2.95. The van der Waals surface area contributed by atoms with Crippen molar-refractivity contribution in [2.24, 2.45) is 0 Å². The van der Waals surface area contributed by atoms with Gasteiger partial charge in [0.1, 0.15) is 0 Å². The number of alkyl halides is 1. The van der Waals surface area contributed by atoms with Crippen LogP contribution in [0.4, 0.5) is 5.69 Å². The molecule has 1 rings (SSSR count). The molecule has 1 aromatic carbocycles. The standard InChI is InChI=1S/C13H19Br2NO/c1-4-16(10(2)9-17-3)13-6-5-11(8-14)7-12(13)15/h5-7,10H,4,8-9H2,1-3H3. The van der Waals surface area contributed by atoms with Gasteiger partial charge in [0.15, 0.2) is 0 Å². The van der Waals surface area contributed by atoms with E-state index in [1.165, 1.54) is 11.3 Å². The van der Waals surface area contributed by atoms with Crippen LogP contribution in [-0.4, -0.2) is 26.3 Å². The number of likely N-dealkylation sites (N-methyl/N-ethyl adjacent to an activating group) is 1. The molecular weight excluding hydrogens is 346 g/mol. The number of hydrogen-bond donors (Lipinski definition) is 0. The zero-order valence-electron chi connectivity index (χ0n) is 10.5. The summed E-state index contributed by atoms with van der Waals surface area (Å²) >= 11 is 7.12. The van der Waals surface area contributed by atoms with Crippen molar-refractivity contribution < 1.29 is 4.74 Å². The summed E-state index contributed by atoms with van der Waals surface area (Å²) in [7, 11) is 1.74. The molecule has 1 atom stereocenters. The van der Waals surface area contributed by atoms with E-state index in [9.17, 15) is 0 Å². The first-order chi connectivity index (χ1) is 8.13. The van der Waals surface area contributed by atoms with Crippen molar-refractivity contribution in [3.05, 3.63) is 28.2 Å². The minimum Gasteiger partial charge on any atom is -0.383 e. The molecule has 96 valence electrons.